The summed E-state index contributed by atoms with van der Waals surface area (Å²) in [5.41, 5.74) is 1.55. The largest absolute Gasteiger partial charge is 0.322 e. The topological polar surface area (TPSA) is 54.0 Å². The van der Waals surface area contributed by atoms with Gasteiger partial charge in [0, 0.05) is 6.20 Å². The number of anilines is 1. The van der Waals surface area contributed by atoms with Gasteiger partial charge in [-0.05, 0) is 43.9 Å². The van der Waals surface area contributed by atoms with Gasteiger partial charge in [-0.2, -0.15) is 0 Å². The number of amides is 1. The second-order valence-corrected chi connectivity index (χ2v) is 5.45. The van der Waals surface area contributed by atoms with E-state index in [0.717, 1.165) is 31.4 Å². The Bertz CT molecular complexity index is 444. The molecular formula is C14H20ClN3O. The smallest absolute Gasteiger partial charge is 0.241 e. The van der Waals surface area contributed by atoms with Gasteiger partial charge in [0.15, 0.2) is 5.15 Å². The lowest BCUT2D eigenvalue weighted by atomic mass is 9.90. The minimum absolute atomic E-state index is 0.0175. The molecule has 1 saturated heterocycles. The van der Waals surface area contributed by atoms with Crippen molar-refractivity contribution in [2.75, 3.05) is 11.9 Å². The standard InChI is InChI=1S/C14H20ClN3O/c1-3-10-5-7-16-11(8-10)14(19)18-12-9(2)4-6-17-13(12)15/h4,6,10-11,16H,3,5,7-8H2,1-2H3,(H,18,19). The first-order valence-electron chi connectivity index (χ1n) is 6.77. The van der Waals surface area contributed by atoms with E-state index >= 15 is 0 Å². The summed E-state index contributed by atoms with van der Waals surface area (Å²) in [6, 6.07) is 1.71. The third-order valence-electron chi connectivity index (χ3n) is 3.77. The van der Waals surface area contributed by atoms with Gasteiger partial charge in [-0.15, -0.1) is 0 Å². The van der Waals surface area contributed by atoms with Crippen molar-refractivity contribution in [3.63, 3.8) is 0 Å². The molecule has 5 heteroatoms. The number of nitrogens with one attached hydrogen (secondary N) is 2. The Hall–Kier alpha value is -1.13. The van der Waals surface area contributed by atoms with E-state index in [1.54, 1.807) is 6.20 Å². The molecule has 0 radical (unpaired) electrons. The number of hydrogen-bond acceptors (Lipinski definition) is 3. The number of pyridine rings is 1. The number of halogens is 1. The fourth-order valence-electron chi connectivity index (χ4n) is 2.45. The molecule has 2 atom stereocenters. The molecule has 4 nitrogen and oxygen atoms in total. The van der Waals surface area contributed by atoms with Crippen molar-refractivity contribution in [1.29, 1.82) is 0 Å². The van der Waals surface area contributed by atoms with Gasteiger partial charge in [0.2, 0.25) is 5.91 Å². The minimum atomic E-state index is -0.130. The Balaban J connectivity index is 2.04. The van der Waals surface area contributed by atoms with Gasteiger partial charge in [-0.3, -0.25) is 4.79 Å². The van der Waals surface area contributed by atoms with E-state index in [1.165, 1.54) is 0 Å². The second kappa shape index (κ2) is 6.35. The number of rotatable bonds is 3. The van der Waals surface area contributed by atoms with Gasteiger partial charge in [0.05, 0.1) is 11.7 Å². The lowest BCUT2D eigenvalue weighted by molar-refractivity contribution is -0.119. The van der Waals surface area contributed by atoms with Crippen molar-refractivity contribution in [3.8, 4) is 0 Å². The highest BCUT2D eigenvalue weighted by molar-refractivity contribution is 6.32. The summed E-state index contributed by atoms with van der Waals surface area (Å²) >= 11 is 6.02. The Morgan fingerprint density at radius 3 is 3.11 bits per heavy atom. The number of nitrogens with zero attached hydrogens (tertiary/aromatic N) is 1. The first kappa shape index (κ1) is 14.3. The zero-order chi connectivity index (χ0) is 13.8. The molecule has 0 spiro atoms. The van der Waals surface area contributed by atoms with Crippen LogP contribution < -0.4 is 10.6 Å². The summed E-state index contributed by atoms with van der Waals surface area (Å²) in [6.07, 6.45) is 4.80. The van der Waals surface area contributed by atoms with Crippen molar-refractivity contribution in [3.05, 3.63) is 23.0 Å². The zero-order valence-corrected chi connectivity index (χ0v) is 12.1. The van der Waals surface area contributed by atoms with E-state index in [2.05, 4.69) is 22.5 Å². The van der Waals surface area contributed by atoms with Crippen molar-refractivity contribution in [1.82, 2.24) is 10.3 Å². The molecule has 1 aromatic rings. The molecule has 104 valence electrons. The highest BCUT2D eigenvalue weighted by atomic mass is 35.5. The highest BCUT2D eigenvalue weighted by Gasteiger charge is 2.26. The number of carbonyl (C=O) groups is 1. The Labute approximate surface area is 118 Å². The fraction of sp³-hybridized carbons (Fsp3) is 0.571. The molecule has 1 aliphatic rings. The number of piperidine rings is 1. The molecule has 19 heavy (non-hydrogen) atoms. The van der Waals surface area contributed by atoms with E-state index in [-0.39, 0.29) is 11.9 Å². The van der Waals surface area contributed by atoms with E-state index in [1.807, 2.05) is 13.0 Å². The van der Waals surface area contributed by atoms with Crippen LogP contribution in [0.15, 0.2) is 12.3 Å². The Kier molecular flexibility index (Phi) is 4.77. The summed E-state index contributed by atoms with van der Waals surface area (Å²) in [5, 5.41) is 6.51. The van der Waals surface area contributed by atoms with Crippen LogP contribution in [0.5, 0.6) is 0 Å². The lowest BCUT2D eigenvalue weighted by Crippen LogP contribution is -2.46. The maximum atomic E-state index is 12.3. The van der Waals surface area contributed by atoms with Crippen LogP contribution in [0, 0.1) is 12.8 Å². The third-order valence-corrected chi connectivity index (χ3v) is 4.05. The van der Waals surface area contributed by atoms with Crippen LogP contribution in [0.3, 0.4) is 0 Å². The van der Waals surface area contributed by atoms with Crippen LogP contribution in [-0.2, 0) is 4.79 Å². The lowest BCUT2D eigenvalue weighted by Gasteiger charge is -2.29. The maximum absolute atomic E-state index is 12.3. The zero-order valence-electron chi connectivity index (χ0n) is 11.4. The van der Waals surface area contributed by atoms with Gasteiger partial charge >= 0.3 is 0 Å². The van der Waals surface area contributed by atoms with Crippen LogP contribution in [-0.4, -0.2) is 23.5 Å². The molecule has 1 fully saturated rings. The number of aromatic nitrogens is 1. The normalized spacial score (nSPS) is 23.1. The predicted octanol–water partition coefficient (Wildman–Crippen LogP) is 2.76. The number of hydrogen-bond donors (Lipinski definition) is 2. The van der Waals surface area contributed by atoms with Gasteiger partial charge in [0.25, 0.3) is 0 Å². The molecule has 0 aromatic carbocycles. The third kappa shape index (κ3) is 3.45. The first-order valence-corrected chi connectivity index (χ1v) is 7.15. The molecule has 0 saturated carbocycles. The average molecular weight is 282 g/mol. The Morgan fingerprint density at radius 1 is 1.63 bits per heavy atom. The number of aryl methyl sites for hydroxylation is 1. The Morgan fingerprint density at radius 2 is 2.42 bits per heavy atom. The van der Waals surface area contributed by atoms with Gasteiger partial charge in [-0.25, -0.2) is 4.98 Å². The predicted molar refractivity (Wildman–Crippen MR) is 77.4 cm³/mol. The molecule has 2 unspecified atom stereocenters. The van der Waals surface area contributed by atoms with E-state index < -0.39 is 0 Å². The van der Waals surface area contributed by atoms with Crippen molar-refractivity contribution in [2.24, 2.45) is 5.92 Å². The second-order valence-electron chi connectivity index (χ2n) is 5.09. The summed E-state index contributed by atoms with van der Waals surface area (Å²) in [7, 11) is 0. The van der Waals surface area contributed by atoms with Gasteiger partial charge in [-0.1, -0.05) is 24.9 Å². The van der Waals surface area contributed by atoms with Gasteiger partial charge in [0.1, 0.15) is 0 Å². The van der Waals surface area contributed by atoms with Gasteiger partial charge < -0.3 is 10.6 Å². The summed E-state index contributed by atoms with van der Waals surface area (Å²) in [4.78, 5) is 16.3. The first-order chi connectivity index (χ1) is 9.11. The summed E-state index contributed by atoms with van der Waals surface area (Å²) in [6.45, 7) is 4.98. The van der Waals surface area contributed by atoms with Crippen molar-refractivity contribution in [2.45, 2.75) is 39.2 Å². The monoisotopic (exact) mass is 281 g/mol. The molecule has 2 rings (SSSR count). The molecule has 0 bridgehead atoms. The SMILES string of the molecule is CCC1CCNC(C(=O)Nc2c(C)ccnc2Cl)C1. The van der Waals surface area contributed by atoms with Crippen LogP contribution in [0.2, 0.25) is 5.15 Å². The van der Waals surface area contributed by atoms with Crippen LogP contribution >= 0.6 is 11.6 Å². The summed E-state index contributed by atoms with van der Waals surface area (Å²) < 4.78 is 0. The molecule has 0 aliphatic carbocycles. The maximum Gasteiger partial charge on any atom is 0.241 e. The van der Waals surface area contributed by atoms with Crippen LogP contribution in [0.4, 0.5) is 5.69 Å². The molecule has 1 amide bonds. The number of carbonyl (C=O) groups excluding carboxylic acids is 1. The molecular weight excluding hydrogens is 262 g/mol. The van der Waals surface area contributed by atoms with Crippen LogP contribution in [0.1, 0.15) is 31.7 Å². The van der Waals surface area contributed by atoms with Crippen LogP contribution in [0.25, 0.3) is 0 Å². The molecule has 1 aromatic heterocycles. The highest BCUT2D eigenvalue weighted by Crippen LogP contribution is 2.24. The van der Waals surface area contributed by atoms with E-state index in [4.69, 9.17) is 11.6 Å². The summed E-state index contributed by atoms with van der Waals surface area (Å²) in [5.74, 6) is 0.610. The van der Waals surface area contributed by atoms with Crippen molar-refractivity contribution < 1.29 is 4.79 Å². The molecule has 2 N–H and O–H groups in total. The molecule has 2 heterocycles. The fourth-order valence-corrected chi connectivity index (χ4v) is 2.70. The van der Waals surface area contributed by atoms with Crippen molar-refractivity contribution >= 4 is 23.2 Å². The average Bonchev–Trinajstić information content (AvgIpc) is 2.43. The molecule has 1 aliphatic heterocycles. The van der Waals surface area contributed by atoms with E-state index in [9.17, 15) is 4.79 Å². The quantitative estimate of drug-likeness (QED) is 0.838. The minimum Gasteiger partial charge on any atom is -0.322 e. The van der Waals surface area contributed by atoms with E-state index in [0.29, 0.717) is 16.8 Å².